The monoisotopic (exact) mass is 214 g/mol. The molecule has 0 aliphatic heterocycles. The first kappa shape index (κ1) is 11.8. The Morgan fingerprint density at radius 3 is 2.73 bits per heavy atom. The number of hydrogen-bond donors (Lipinski definition) is 3. The van der Waals surface area contributed by atoms with Crippen LogP contribution in [0.25, 0.3) is 0 Å². The highest BCUT2D eigenvalue weighted by Gasteiger charge is 2.36. The molecule has 1 saturated carbocycles. The smallest absolute Gasteiger partial charge is 0.315 e. The van der Waals surface area contributed by atoms with Crippen molar-refractivity contribution in [2.24, 2.45) is 5.92 Å². The SMILES string of the molecule is CC[C@@H]1C[C@H]1NC(=O)NCCCC(=O)O. The van der Waals surface area contributed by atoms with Crippen molar-refractivity contribution < 1.29 is 14.7 Å². The number of rotatable bonds is 6. The van der Waals surface area contributed by atoms with Gasteiger partial charge in [0.25, 0.3) is 0 Å². The van der Waals surface area contributed by atoms with Crippen LogP contribution >= 0.6 is 0 Å². The van der Waals surface area contributed by atoms with Crippen molar-refractivity contribution in [3.05, 3.63) is 0 Å². The minimum absolute atomic E-state index is 0.0985. The number of carbonyl (C=O) groups excluding carboxylic acids is 1. The molecule has 2 atom stereocenters. The molecule has 0 saturated heterocycles. The minimum atomic E-state index is -0.828. The molecule has 0 spiro atoms. The van der Waals surface area contributed by atoms with Crippen LogP contribution in [0.3, 0.4) is 0 Å². The summed E-state index contributed by atoms with van der Waals surface area (Å²) in [7, 11) is 0. The van der Waals surface area contributed by atoms with Gasteiger partial charge in [-0.05, 0) is 18.8 Å². The highest BCUT2D eigenvalue weighted by molar-refractivity contribution is 5.74. The van der Waals surface area contributed by atoms with Gasteiger partial charge in [-0.15, -0.1) is 0 Å². The number of aliphatic carboxylic acids is 1. The van der Waals surface area contributed by atoms with E-state index in [0.717, 1.165) is 12.8 Å². The fourth-order valence-corrected chi connectivity index (χ4v) is 1.54. The van der Waals surface area contributed by atoms with E-state index in [1.807, 2.05) is 0 Å². The molecule has 1 rings (SSSR count). The summed E-state index contributed by atoms with van der Waals surface area (Å²) in [5.74, 6) is -0.194. The van der Waals surface area contributed by atoms with E-state index in [-0.39, 0.29) is 12.5 Å². The Morgan fingerprint density at radius 2 is 2.20 bits per heavy atom. The van der Waals surface area contributed by atoms with Crippen LogP contribution in [-0.4, -0.2) is 29.7 Å². The van der Waals surface area contributed by atoms with Crippen LogP contribution in [0.4, 0.5) is 4.79 Å². The lowest BCUT2D eigenvalue weighted by atomic mass is 10.3. The van der Waals surface area contributed by atoms with E-state index >= 15 is 0 Å². The molecule has 0 aromatic carbocycles. The van der Waals surface area contributed by atoms with Crippen molar-refractivity contribution in [2.45, 2.75) is 38.6 Å². The number of hydrogen-bond acceptors (Lipinski definition) is 2. The van der Waals surface area contributed by atoms with E-state index in [1.54, 1.807) is 0 Å². The zero-order chi connectivity index (χ0) is 11.3. The lowest BCUT2D eigenvalue weighted by Crippen LogP contribution is -2.38. The second-order valence-corrected chi connectivity index (χ2v) is 3.91. The maximum absolute atomic E-state index is 11.2. The van der Waals surface area contributed by atoms with Crippen molar-refractivity contribution in [3.63, 3.8) is 0 Å². The molecule has 15 heavy (non-hydrogen) atoms. The molecule has 1 aliphatic carbocycles. The lowest BCUT2D eigenvalue weighted by molar-refractivity contribution is -0.137. The third-order valence-electron chi connectivity index (χ3n) is 2.62. The molecule has 1 aliphatic rings. The van der Waals surface area contributed by atoms with Gasteiger partial charge >= 0.3 is 12.0 Å². The van der Waals surface area contributed by atoms with Crippen LogP contribution < -0.4 is 10.6 Å². The average Bonchev–Trinajstić information content (AvgIpc) is 2.91. The largest absolute Gasteiger partial charge is 0.481 e. The van der Waals surface area contributed by atoms with E-state index in [2.05, 4.69) is 17.6 Å². The second-order valence-electron chi connectivity index (χ2n) is 3.91. The van der Waals surface area contributed by atoms with Gasteiger partial charge in [-0.1, -0.05) is 13.3 Å². The van der Waals surface area contributed by atoms with Crippen molar-refractivity contribution >= 4 is 12.0 Å². The Labute approximate surface area is 89.2 Å². The predicted molar refractivity (Wildman–Crippen MR) is 55.6 cm³/mol. The van der Waals surface area contributed by atoms with E-state index in [4.69, 9.17) is 5.11 Å². The van der Waals surface area contributed by atoms with Gasteiger partial charge in [0, 0.05) is 19.0 Å². The van der Waals surface area contributed by atoms with Gasteiger partial charge in [-0.25, -0.2) is 4.79 Å². The minimum Gasteiger partial charge on any atom is -0.481 e. The number of carboxylic acids is 1. The summed E-state index contributed by atoms with van der Waals surface area (Å²) in [6, 6.07) is 0.149. The highest BCUT2D eigenvalue weighted by atomic mass is 16.4. The van der Waals surface area contributed by atoms with E-state index in [9.17, 15) is 9.59 Å². The highest BCUT2D eigenvalue weighted by Crippen LogP contribution is 2.32. The molecular weight excluding hydrogens is 196 g/mol. The van der Waals surface area contributed by atoms with Crippen LogP contribution in [0.15, 0.2) is 0 Å². The zero-order valence-electron chi connectivity index (χ0n) is 8.95. The average molecular weight is 214 g/mol. The van der Waals surface area contributed by atoms with Crippen LogP contribution in [0.1, 0.15) is 32.6 Å². The summed E-state index contributed by atoms with van der Waals surface area (Å²) >= 11 is 0. The van der Waals surface area contributed by atoms with Gasteiger partial charge in [0.2, 0.25) is 0 Å². The first-order valence-electron chi connectivity index (χ1n) is 5.39. The molecule has 0 heterocycles. The second kappa shape index (κ2) is 5.58. The summed E-state index contributed by atoms with van der Waals surface area (Å²) in [6.07, 6.45) is 2.74. The normalized spacial score (nSPS) is 23.3. The molecule has 86 valence electrons. The zero-order valence-corrected chi connectivity index (χ0v) is 8.95. The lowest BCUT2D eigenvalue weighted by Gasteiger charge is -2.05. The Hall–Kier alpha value is -1.26. The van der Waals surface area contributed by atoms with Crippen molar-refractivity contribution in [1.82, 2.24) is 10.6 Å². The standard InChI is InChI=1S/C10H18N2O3/c1-2-7-6-8(7)12-10(15)11-5-3-4-9(13)14/h7-8H,2-6H2,1H3,(H,13,14)(H2,11,12,15)/t7-,8-/m1/s1. The number of carbonyl (C=O) groups is 2. The molecule has 0 aromatic rings. The van der Waals surface area contributed by atoms with E-state index in [1.165, 1.54) is 0 Å². The van der Waals surface area contributed by atoms with Crippen LogP contribution in [-0.2, 0) is 4.79 Å². The van der Waals surface area contributed by atoms with Crippen molar-refractivity contribution in [3.8, 4) is 0 Å². The number of nitrogens with one attached hydrogen (secondary N) is 2. The molecule has 5 nitrogen and oxygen atoms in total. The molecule has 0 unspecified atom stereocenters. The maximum atomic E-state index is 11.2. The molecule has 2 amide bonds. The van der Waals surface area contributed by atoms with Gasteiger partial charge in [-0.2, -0.15) is 0 Å². The maximum Gasteiger partial charge on any atom is 0.315 e. The predicted octanol–water partition coefficient (Wildman–Crippen LogP) is 0.949. The van der Waals surface area contributed by atoms with E-state index in [0.29, 0.717) is 24.9 Å². The quantitative estimate of drug-likeness (QED) is 0.576. The van der Waals surface area contributed by atoms with Gasteiger partial charge < -0.3 is 15.7 Å². The molecule has 1 fully saturated rings. The number of carboxylic acid groups (broad SMARTS) is 1. The van der Waals surface area contributed by atoms with Gasteiger partial charge in [0.05, 0.1) is 0 Å². The summed E-state index contributed by atoms with van der Waals surface area (Å²) < 4.78 is 0. The Bertz CT molecular complexity index is 243. The molecule has 0 bridgehead atoms. The number of amides is 2. The first-order chi connectivity index (χ1) is 7.13. The van der Waals surface area contributed by atoms with Crippen molar-refractivity contribution in [1.29, 1.82) is 0 Å². The van der Waals surface area contributed by atoms with Crippen molar-refractivity contribution in [2.75, 3.05) is 6.54 Å². The summed E-state index contributed by atoms with van der Waals surface area (Å²) in [5.41, 5.74) is 0. The fourth-order valence-electron chi connectivity index (χ4n) is 1.54. The van der Waals surface area contributed by atoms with Crippen LogP contribution in [0.5, 0.6) is 0 Å². The summed E-state index contributed by atoms with van der Waals surface area (Å²) in [4.78, 5) is 21.4. The first-order valence-corrected chi connectivity index (χ1v) is 5.39. The van der Waals surface area contributed by atoms with E-state index < -0.39 is 5.97 Å². The van der Waals surface area contributed by atoms with Crippen LogP contribution in [0.2, 0.25) is 0 Å². The number of urea groups is 1. The molecule has 3 N–H and O–H groups in total. The summed E-state index contributed by atoms with van der Waals surface area (Å²) in [5, 5.41) is 13.9. The molecule has 0 aromatic heterocycles. The van der Waals surface area contributed by atoms with Crippen LogP contribution in [0, 0.1) is 5.92 Å². The van der Waals surface area contributed by atoms with Gasteiger partial charge in [0.1, 0.15) is 0 Å². The fraction of sp³-hybridized carbons (Fsp3) is 0.800. The summed E-state index contributed by atoms with van der Waals surface area (Å²) in [6.45, 7) is 2.53. The molecular formula is C10H18N2O3. The third kappa shape index (κ3) is 4.67. The molecule has 5 heteroatoms. The Morgan fingerprint density at radius 1 is 1.47 bits per heavy atom. The Balaban J connectivity index is 1.97. The molecule has 0 radical (unpaired) electrons. The topological polar surface area (TPSA) is 78.4 Å². The van der Waals surface area contributed by atoms with Gasteiger partial charge in [0.15, 0.2) is 0 Å². The van der Waals surface area contributed by atoms with Gasteiger partial charge in [-0.3, -0.25) is 4.79 Å². The third-order valence-corrected chi connectivity index (χ3v) is 2.62. The Kier molecular flexibility index (Phi) is 4.39.